The van der Waals surface area contributed by atoms with Gasteiger partial charge >= 0.3 is 0 Å². The molecule has 6 heteroatoms. The Labute approximate surface area is 151 Å². The van der Waals surface area contributed by atoms with Gasteiger partial charge in [0.05, 0.1) is 0 Å². The fourth-order valence-electron chi connectivity index (χ4n) is 3.85. The number of aromatic nitrogens is 1. The third-order valence-electron chi connectivity index (χ3n) is 5.33. The van der Waals surface area contributed by atoms with Crippen LogP contribution in [0.2, 0.25) is 0 Å². The van der Waals surface area contributed by atoms with E-state index in [9.17, 15) is 0 Å². The molecular formula is C19H32N6. The Morgan fingerprint density at radius 2 is 2.08 bits per heavy atom. The van der Waals surface area contributed by atoms with Crippen LogP contribution >= 0.6 is 0 Å². The summed E-state index contributed by atoms with van der Waals surface area (Å²) in [5, 5.41) is 6.92. The van der Waals surface area contributed by atoms with E-state index >= 15 is 0 Å². The van der Waals surface area contributed by atoms with Crippen LogP contribution in [-0.2, 0) is 6.54 Å². The maximum atomic E-state index is 4.52. The summed E-state index contributed by atoms with van der Waals surface area (Å²) in [5.74, 6) is 1.98. The lowest BCUT2D eigenvalue weighted by Gasteiger charge is -2.24. The first-order valence-electron chi connectivity index (χ1n) is 9.68. The van der Waals surface area contributed by atoms with Crippen molar-refractivity contribution >= 4 is 11.8 Å². The maximum absolute atomic E-state index is 4.52. The summed E-state index contributed by atoms with van der Waals surface area (Å²) in [5.41, 5.74) is 1.25. The van der Waals surface area contributed by atoms with E-state index < -0.39 is 0 Å². The number of likely N-dealkylation sites (N-methyl/N-ethyl adjacent to an activating group) is 1. The summed E-state index contributed by atoms with van der Waals surface area (Å²) in [6.07, 6.45) is 7.05. The third-order valence-corrected chi connectivity index (χ3v) is 5.33. The summed E-state index contributed by atoms with van der Waals surface area (Å²) >= 11 is 0. The monoisotopic (exact) mass is 344 g/mol. The second-order valence-corrected chi connectivity index (χ2v) is 6.95. The van der Waals surface area contributed by atoms with Gasteiger partial charge in [0.15, 0.2) is 5.96 Å². The Bertz CT molecular complexity index is 567. The maximum Gasteiger partial charge on any atom is 0.191 e. The Morgan fingerprint density at radius 1 is 1.24 bits per heavy atom. The van der Waals surface area contributed by atoms with Crippen LogP contribution in [0.1, 0.15) is 38.2 Å². The topological polar surface area (TPSA) is 55.8 Å². The van der Waals surface area contributed by atoms with Crippen molar-refractivity contribution < 1.29 is 0 Å². The minimum Gasteiger partial charge on any atom is -0.357 e. The number of anilines is 1. The van der Waals surface area contributed by atoms with Crippen LogP contribution in [-0.4, -0.2) is 61.7 Å². The molecule has 2 fully saturated rings. The molecular weight excluding hydrogens is 312 g/mol. The minimum absolute atomic E-state index is 0.631. The van der Waals surface area contributed by atoms with E-state index in [0.717, 1.165) is 44.5 Å². The van der Waals surface area contributed by atoms with Gasteiger partial charge in [-0.3, -0.25) is 9.89 Å². The quantitative estimate of drug-likeness (QED) is 0.609. The summed E-state index contributed by atoms with van der Waals surface area (Å²) in [7, 11) is 1.84. The van der Waals surface area contributed by atoms with Gasteiger partial charge in [-0.25, -0.2) is 4.98 Å². The summed E-state index contributed by atoms with van der Waals surface area (Å²) in [6.45, 7) is 8.59. The molecule has 25 heavy (non-hydrogen) atoms. The Morgan fingerprint density at radius 3 is 2.84 bits per heavy atom. The standard InChI is InChI=1S/C19H32N6/c1-3-24-12-6-7-17(24)15-23-19(20-2)22-14-16-8-9-21-18(13-16)25-10-4-5-11-25/h8-9,13,17H,3-7,10-12,14-15H2,1-2H3,(H2,20,22,23). The lowest BCUT2D eigenvalue weighted by molar-refractivity contribution is 0.267. The number of hydrogen-bond acceptors (Lipinski definition) is 4. The molecule has 1 atom stereocenters. The average Bonchev–Trinajstić information content (AvgIpc) is 3.33. The molecule has 2 aliphatic rings. The summed E-state index contributed by atoms with van der Waals surface area (Å²) < 4.78 is 0. The van der Waals surface area contributed by atoms with Crippen molar-refractivity contribution in [2.45, 2.75) is 45.2 Å². The zero-order valence-electron chi connectivity index (χ0n) is 15.7. The summed E-state index contributed by atoms with van der Waals surface area (Å²) in [6, 6.07) is 4.91. The van der Waals surface area contributed by atoms with Gasteiger partial charge in [-0.15, -0.1) is 0 Å². The molecule has 1 unspecified atom stereocenters. The molecule has 2 aliphatic heterocycles. The third kappa shape index (κ3) is 4.84. The number of hydrogen-bond donors (Lipinski definition) is 2. The lowest BCUT2D eigenvalue weighted by Crippen LogP contribution is -2.44. The molecule has 0 amide bonds. The molecule has 0 saturated carbocycles. The van der Waals surface area contributed by atoms with Crippen LogP contribution in [0, 0.1) is 0 Å². The van der Waals surface area contributed by atoms with Crippen molar-refractivity contribution in [2.75, 3.05) is 44.7 Å². The normalized spacial score (nSPS) is 21.8. The van der Waals surface area contributed by atoms with E-state index in [1.165, 1.54) is 37.8 Å². The van der Waals surface area contributed by atoms with Gasteiger partial charge in [-0.2, -0.15) is 0 Å². The van der Waals surface area contributed by atoms with Crippen molar-refractivity contribution in [3.05, 3.63) is 23.9 Å². The average molecular weight is 345 g/mol. The first kappa shape index (κ1) is 18.0. The zero-order valence-corrected chi connectivity index (χ0v) is 15.7. The van der Waals surface area contributed by atoms with Crippen molar-refractivity contribution in [3.8, 4) is 0 Å². The predicted molar refractivity (Wildman–Crippen MR) is 104 cm³/mol. The van der Waals surface area contributed by atoms with E-state index in [1.54, 1.807) is 0 Å². The molecule has 2 N–H and O–H groups in total. The molecule has 2 saturated heterocycles. The highest BCUT2D eigenvalue weighted by molar-refractivity contribution is 5.79. The molecule has 1 aromatic heterocycles. The molecule has 0 aromatic carbocycles. The second-order valence-electron chi connectivity index (χ2n) is 6.95. The number of rotatable bonds is 6. The van der Waals surface area contributed by atoms with Crippen molar-refractivity contribution in [2.24, 2.45) is 4.99 Å². The van der Waals surface area contributed by atoms with Crippen LogP contribution in [0.5, 0.6) is 0 Å². The minimum atomic E-state index is 0.631. The van der Waals surface area contributed by atoms with E-state index in [-0.39, 0.29) is 0 Å². The molecule has 3 heterocycles. The fourth-order valence-corrected chi connectivity index (χ4v) is 3.85. The Hall–Kier alpha value is -1.82. The molecule has 0 aliphatic carbocycles. The van der Waals surface area contributed by atoms with Crippen LogP contribution in [0.15, 0.2) is 23.3 Å². The number of guanidine groups is 1. The SMILES string of the molecule is CCN1CCCC1CNC(=NC)NCc1ccnc(N2CCCC2)c1. The van der Waals surface area contributed by atoms with Gasteiger partial charge in [-0.05, 0) is 56.5 Å². The number of pyridine rings is 1. The van der Waals surface area contributed by atoms with Gasteiger partial charge in [0, 0.05) is 45.5 Å². The Kier molecular flexibility index (Phi) is 6.50. The first-order valence-corrected chi connectivity index (χ1v) is 9.68. The lowest BCUT2D eigenvalue weighted by atomic mass is 10.2. The number of nitrogens with zero attached hydrogens (tertiary/aromatic N) is 4. The molecule has 138 valence electrons. The fraction of sp³-hybridized carbons (Fsp3) is 0.684. The van der Waals surface area contributed by atoms with Crippen molar-refractivity contribution in [1.29, 1.82) is 0 Å². The van der Waals surface area contributed by atoms with E-state index in [4.69, 9.17) is 0 Å². The zero-order chi connectivity index (χ0) is 17.5. The van der Waals surface area contributed by atoms with Gasteiger partial charge in [0.1, 0.15) is 5.82 Å². The number of nitrogens with one attached hydrogen (secondary N) is 2. The molecule has 0 spiro atoms. The first-order chi connectivity index (χ1) is 12.3. The highest BCUT2D eigenvalue weighted by Gasteiger charge is 2.22. The van der Waals surface area contributed by atoms with Crippen LogP contribution < -0.4 is 15.5 Å². The smallest absolute Gasteiger partial charge is 0.191 e. The van der Waals surface area contributed by atoms with Gasteiger partial charge in [0.25, 0.3) is 0 Å². The van der Waals surface area contributed by atoms with E-state index in [0.29, 0.717) is 6.04 Å². The Balaban J connectivity index is 1.48. The number of aliphatic imine (C=N–C) groups is 1. The van der Waals surface area contributed by atoms with Crippen molar-refractivity contribution in [1.82, 2.24) is 20.5 Å². The highest BCUT2D eigenvalue weighted by atomic mass is 15.2. The molecule has 1 aromatic rings. The van der Waals surface area contributed by atoms with Gasteiger partial charge < -0.3 is 15.5 Å². The van der Waals surface area contributed by atoms with Crippen LogP contribution in [0.4, 0.5) is 5.82 Å². The largest absolute Gasteiger partial charge is 0.357 e. The highest BCUT2D eigenvalue weighted by Crippen LogP contribution is 2.18. The van der Waals surface area contributed by atoms with E-state index in [2.05, 4.69) is 49.5 Å². The van der Waals surface area contributed by atoms with Gasteiger partial charge in [0.2, 0.25) is 0 Å². The second kappa shape index (κ2) is 9.04. The molecule has 6 nitrogen and oxygen atoms in total. The van der Waals surface area contributed by atoms with Crippen LogP contribution in [0.3, 0.4) is 0 Å². The number of likely N-dealkylation sites (tertiary alicyclic amines) is 1. The predicted octanol–water partition coefficient (Wildman–Crippen LogP) is 1.83. The van der Waals surface area contributed by atoms with Gasteiger partial charge in [-0.1, -0.05) is 6.92 Å². The molecule has 0 radical (unpaired) electrons. The van der Waals surface area contributed by atoms with Crippen molar-refractivity contribution in [3.63, 3.8) is 0 Å². The van der Waals surface area contributed by atoms with E-state index in [1.807, 2.05) is 13.2 Å². The molecule has 0 bridgehead atoms. The molecule has 3 rings (SSSR count). The van der Waals surface area contributed by atoms with Crippen LogP contribution in [0.25, 0.3) is 0 Å². The summed E-state index contributed by atoms with van der Waals surface area (Å²) in [4.78, 5) is 13.8.